The molecule has 6 nitrogen and oxygen atoms in total. The van der Waals surface area contributed by atoms with E-state index < -0.39 is 0 Å². The first-order valence-electron chi connectivity index (χ1n) is 9.04. The normalized spacial score (nSPS) is 11.2. The maximum Gasteiger partial charge on any atom is 0.242 e. The molecule has 0 atom stereocenters. The molecule has 0 radical (unpaired) electrons. The molecular weight excluding hydrogens is 316 g/mol. The molecule has 0 saturated heterocycles. The van der Waals surface area contributed by atoms with Crippen molar-refractivity contribution < 1.29 is 9.53 Å². The summed E-state index contributed by atoms with van der Waals surface area (Å²) in [4.78, 5) is 20.7. The Morgan fingerprint density at radius 3 is 2.52 bits per heavy atom. The number of hydrogen-bond acceptors (Lipinski definition) is 3. The second kappa shape index (κ2) is 11.3. The van der Waals surface area contributed by atoms with E-state index in [1.54, 1.807) is 0 Å². The van der Waals surface area contributed by atoms with Gasteiger partial charge >= 0.3 is 0 Å². The Balaban J connectivity index is 2.78. The second-order valence-corrected chi connectivity index (χ2v) is 5.67. The monoisotopic (exact) mass is 348 g/mol. The number of rotatable bonds is 9. The topological polar surface area (TPSA) is 57.2 Å². The molecule has 0 aliphatic rings. The molecule has 0 aliphatic heterocycles. The van der Waals surface area contributed by atoms with E-state index in [0.29, 0.717) is 19.7 Å². The first-order valence-corrected chi connectivity index (χ1v) is 9.04. The van der Waals surface area contributed by atoms with Gasteiger partial charge in [0.1, 0.15) is 5.75 Å². The SMILES string of the molecule is CCNC(=NCc1cccc(OCC)c1)N(C)CC(=O)N(CC)CC. The van der Waals surface area contributed by atoms with Gasteiger partial charge in [0.2, 0.25) is 5.91 Å². The quantitative estimate of drug-likeness (QED) is 0.550. The van der Waals surface area contributed by atoms with Crippen LogP contribution in [0, 0.1) is 0 Å². The molecule has 0 fully saturated rings. The summed E-state index contributed by atoms with van der Waals surface area (Å²) in [5.74, 6) is 1.69. The van der Waals surface area contributed by atoms with E-state index in [1.165, 1.54) is 0 Å². The maximum absolute atomic E-state index is 12.3. The largest absolute Gasteiger partial charge is 0.494 e. The molecular formula is C19H32N4O2. The van der Waals surface area contributed by atoms with E-state index in [1.807, 2.05) is 68.8 Å². The van der Waals surface area contributed by atoms with Crippen molar-refractivity contribution in [1.82, 2.24) is 15.1 Å². The molecule has 1 N–H and O–H groups in total. The van der Waals surface area contributed by atoms with Crippen molar-refractivity contribution in [2.75, 3.05) is 39.8 Å². The van der Waals surface area contributed by atoms with Crippen LogP contribution in [0.1, 0.15) is 33.3 Å². The molecule has 0 aromatic heterocycles. The highest BCUT2D eigenvalue weighted by molar-refractivity contribution is 5.86. The van der Waals surface area contributed by atoms with Gasteiger partial charge in [-0.05, 0) is 45.4 Å². The lowest BCUT2D eigenvalue weighted by atomic mass is 10.2. The van der Waals surface area contributed by atoms with Crippen LogP contribution in [0.4, 0.5) is 0 Å². The van der Waals surface area contributed by atoms with E-state index >= 15 is 0 Å². The molecule has 0 saturated carbocycles. The van der Waals surface area contributed by atoms with Crippen LogP contribution in [-0.2, 0) is 11.3 Å². The number of benzene rings is 1. The lowest BCUT2D eigenvalue weighted by Gasteiger charge is -2.25. The number of likely N-dealkylation sites (N-methyl/N-ethyl adjacent to an activating group) is 2. The zero-order chi connectivity index (χ0) is 18.7. The summed E-state index contributed by atoms with van der Waals surface area (Å²) in [6, 6.07) is 7.93. The van der Waals surface area contributed by atoms with Gasteiger partial charge in [-0.15, -0.1) is 0 Å². The number of aliphatic imine (C=N–C) groups is 1. The molecule has 0 bridgehead atoms. The smallest absolute Gasteiger partial charge is 0.242 e. The summed E-state index contributed by atoms with van der Waals surface area (Å²) >= 11 is 0. The zero-order valence-corrected chi connectivity index (χ0v) is 16.2. The van der Waals surface area contributed by atoms with E-state index in [4.69, 9.17) is 4.74 Å². The number of carbonyl (C=O) groups is 1. The summed E-state index contributed by atoms with van der Waals surface area (Å²) in [5.41, 5.74) is 1.07. The number of guanidine groups is 1. The number of amides is 1. The van der Waals surface area contributed by atoms with E-state index in [-0.39, 0.29) is 5.91 Å². The predicted octanol–water partition coefficient (Wildman–Crippen LogP) is 2.35. The minimum atomic E-state index is 0.108. The number of nitrogens with zero attached hydrogens (tertiary/aromatic N) is 3. The fourth-order valence-corrected chi connectivity index (χ4v) is 2.49. The average Bonchev–Trinajstić information content (AvgIpc) is 2.60. The van der Waals surface area contributed by atoms with Gasteiger partial charge in [-0.1, -0.05) is 12.1 Å². The Labute approximate surface area is 151 Å². The predicted molar refractivity (Wildman–Crippen MR) is 103 cm³/mol. The van der Waals surface area contributed by atoms with Crippen LogP contribution in [0.15, 0.2) is 29.3 Å². The molecule has 0 heterocycles. The molecule has 1 aromatic rings. The molecule has 1 aromatic carbocycles. The standard InChI is InChI=1S/C19H32N4O2/c1-6-20-19(22(5)15-18(24)23(7-2)8-3)21-14-16-11-10-12-17(13-16)25-9-4/h10-13H,6-9,14-15H2,1-5H3,(H,20,21). The molecule has 6 heteroatoms. The Bertz CT molecular complexity index is 556. The fourth-order valence-electron chi connectivity index (χ4n) is 2.49. The van der Waals surface area contributed by atoms with Gasteiger partial charge in [0, 0.05) is 26.7 Å². The minimum Gasteiger partial charge on any atom is -0.494 e. The summed E-state index contributed by atoms with van der Waals surface area (Å²) in [6.07, 6.45) is 0. The van der Waals surface area contributed by atoms with Crippen molar-refractivity contribution in [3.8, 4) is 5.75 Å². The molecule has 0 aliphatic carbocycles. The van der Waals surface area contributed by atoms with Crippen LogP contribution in [0.5, 0.6) is 5.75 Å². The Morgan fingerprint density at radius 2 is 1.92 bits per heavy atom. The van der Waals surface area contributed by atoms with E-state index in [2.05, 4.69) is 10.3 Å². The van der Waals surface area contributed by atoms with Gasteiger partial charge in [0.15, 0.2) is 5.96 Å². The number of carbonyl (C=O) groups excluding carboxylic acids is 1. The average molecular weight is 348 g/mol. The highest BCUT2D eigenvalue weighted by Crippen LogP contribution is 2.14. The third-order valence-electron chi connectivity index (χ3n) is 3.81. The number of nitrogens with one attached hydrogen (secondary N) is 1. The molecule has 0 unspecified atom stereocenters. The van der Waals surface area contributed by atoms with Crippen LogP contribution >= 0.6 is 0 Å². The van der Waals surface area contributed by atoms with Gasteiger partial charge in [0.05, 0.1) is 19.7 Å². The van der Waals surface area contributed by atoms with Gasteiger partial charge in [-0.3, -0.25) is 4.79 Å². The first kappa shape index (κ1) is 20.8. The van der Waals surface area contributed by atoms with Crippen molar-refractivity contribution in [2.24, 2.45) is 4.99 Å². The number of hydrogen-bond donors (Lipinski definition) is 1. The number of ether oxygens (including phenoxy) is 1. The summed E-state index contributed by atoms with van der Waals surface area (Å²) in [5, 5.41) is 3.25. The Kier molecular flexibility index (Phi) is 9.43. The lowest BCUT2D eigenvalue weighted by Crippen LogP contribution is -2.45. The lowest BCUT2D eigenvalue weighted by molar-refractivity contribution is -0.131. The van der Waals surface area contributed by atoms with Crippen LogP contribution < -0.4 is 10.1 Å². The minimum absolute atomic E-state index is 0.108. The van der Waals surface area contributed by atoms with Crippen molar-refractivity contribution in [1.29, 1.82) is 0 Å². The summed E-state index contributed by atoms with van der Waals surface area (Å²) in [6.45, 7) is 11.7. The third kappa shape index (κ3) is 7.03. The fraction of sp³-hybridized carbons (Fsp3) is 0.579. The third-order valence-corrected chi connectivity index (χ3v) is 3.81. The Hall–Kier alpha value is -2.24. The van der Waals surface area contributed by atoms with Crippen LogP contribution in [0.3, 0.4) is 0 Å². The molecule has 1 rings (SSSR count). The van der Waals surface area contributed by atoms with E-state index in [9.17, 15) is 4.79 Å². The van der Waals surface area contributed by atoms with Crippen molar-refractivity contribution >= 4 is 11.9 Å². The molecule has 140 valence electrons. The van der Waals surface area contributed by atoms with Gasteiger partial charge < -0.3 is 19.9 Å². The van der Waals surface area contributed by atoms with Gasteiger partial charge in [0.25, 0.3) is 0 Å². The highest BCUT2D eigenvalue weighted by atomic mass is 16.5. The van der Waals surface area contributed by atoms with Crippen LogP contribution in [0.25, 0.3) is 0 Å². The Morgan fingerprint density at radius 1 is 1.20 bits per heavy atom. The molecule has 0 spiro atoms. The first-order chi connectivity index (χ1) is 12.0. The van der Waals surface area contributed by atoms with E-state index in [0.717, 1.165) is 36.9 Å². The summed E-state index contributed by atoms with van der Waals surface area (Å²) < 4.78 is 5.53. The second-order valence-electron chi connectivity index (χ2n) is 5.67. The zero-order valence-electron chi connectivity index (χ0n) is 16.2. The highest BCUT2D eigenvalue weighted by Gasteiger charge is 2.14. The van der Waals surface area contributed by atoms with Crippen molar-refractivity contribution in [2.45, 2.75) is 34.2 Å². The molecule has 1 amide bonds. The van der Waals surface area contributed by atoms with Gasteiger partial charge in [-0.2, -0.15) is 0 Å². The summed E-state index contributed by atoms with van der Waals surface area (Å²) in [7, 11) is 1.89. The van der Waals surface area contributed by atoms with Crippen molar-refractivity contribution in [3.05, 3.63) is 29.8 Å². The van der Waals surface area contributed by atoms with Crippen LogP contribution in [0.2, 0.25) is 0 Å². The van der Waals surface area contributed by atoms with Crippen molar-refractivity contribution in [3.63, 3.8) is 0 Å². The molecule has 25 heavy (non-hydrogen) atoms. The van der Waals surface area contributed by atoms with Gasteiger partial charge in [-0.25, -0.2) is 4.99 Å². The maximum atomic E-state index is 12.3. The van der Waals surface area contributed by atoms with Crippen LogP contribution in [-0.4, -0.2) is 61.5 Å².